The normalized spacial score (nSPS) is 10.6. The van der Waals surface area contributed by atoms with Crippen molar-refractivity contribution in [1.29, 1.82) is 0 Å². The van der Waals surface area contributed by atoms with Crippen LogP contribution >= 0.6 is 0 Å². The van der Waals surface area contributed by atoms with E-state index in [-0.39, 0.29) is 0 Å². The van der Waals surface area contributed by atoms with Gasteiger partial charge in [-0.1, -0.05) is 13.8 Å². The predicted molar refractivity (Wildman–Crippen MR) is 81.5 cm³/mol. The van der Waals surface area contributed by atoms with Gasteiger partial charge in [-0.05, 0) is 19.8 Å². The van der Waals surface area contributed by atoms with Crippen LogP contribution in [0.1, 0.15) is 44.5 Å². The standard InChI is InChI=1S/C15H27N3O2/c1-5-8-13-17-14(16-9-6-2)12(3)15(18-13)20-11-7-10-19-4/h5-11H2,1-4H3,(H,16,17,18). The summed E-state index contributed by atoms with van der Waals surface area (Å²) in [5, 5.41) is 3.35. The quantitative estimate of drug-likeness (QED) is 0.668. The van der Waals surface area contributed by atoms with Gasteiger partial charge in [0.15, 0.2) is 0 Å². The summed E-state index contributed by atoms with van der Waals surface area (Å²) in [6.45, 7) is 8.49. The highest BCUT2D eigenvalue weighted by Gasteiger charge is 2.11. The minimum absolute atomic E-state index is 0.616. The first-order valence-electron chi connectivity index (χ1n) is 7.46. The van der Waals surface area contributed by atoms with Gasteiger partial charge in [0.05, 0.1) is 12.2 Å². The number of rotatable bonds is 10. The Balaban J connectivity index is 2.80. The highest BCUT2D eigenvalue weighted by Crippen LogP contribution is 2.22. The fraction of sp³-hybridized carbons (Fsp3) is 0.733. The van der Waals surface area contributed by atoms with Crippen LogP contribution in [-0.2, 0) is 11.2 Å². The van der Waals surface area contributed by atoms with Crippen LogP contribution in [0.4, 0.5) is 5.82 Å². The molecule has 0 unspecified atom stereocenters. The van der Waals surface area contributed by atoms with E-state index in [1.54, 1.807) is 7.11 Å². The molecule has 0 fully saturated rings. The average molecular weight is 281 g/mol. The van der Waals surface area contributed by atoms with E-state index < -0.39 is 0 Å². The molecule has 5 nitrogen and oxygen atoms in total. The topological polar surface area (TPSA) is 56.3 Å². The lowest BCUT2D eigenvalue weighted by Gasteiger charge is -2.14. The molecule has 1 heterocycles. The molecule has 0 amide bonds. The molecule has 1 rings (SSSR count). The van der Waals surface area contributed by atoms with Crippen molar-refractivity contribution in [2.75, 3.05) is 32.2 Å². The number of aryl methyl sites for hydroxylation is 1. The lowest BCUT2D eigenvalue weighted by molar-refractivity contribution is 0.170. The molecule has 1 aromatic heterocycles. The van der Waals surface area contributed by atoms with E-state index in [9.17, 15) is 0 Å². The van der Waals surface area contributed by atoms with Gasteiger partial charge < -0.3 is 14.8 Å². The monoisotopic (exact) mass is 281 g/mol. The maximum absolute atomic E-state index is 5.78. The van der Waals surface area contributed by atoms with Crippen molar-refractivity contribution in [3.05, 3.63) is 11.4 Å². The molecule has 0 aliphatic carbocycles. The summed E-state index contributed by atoms with van der Waals surface area (Å²) in [4.78, 5) is 9.09. The highest BCUT2D eigenvalue weighted by atomic mass is 16.5. The van der Waals surface area contributed by atoms with Crippen LogP contribution in [-0.4, -0.2) is 36.8 Å². The number of ether oxygens (including phenoxy) is 2. The molecule has 0 bridgehead atoms. The van der Waals surface area contributed by atoms with Gasteiger partial charge in [0.2, 0.25) is 5.88 Å². The van der Waals surface area contributed by atoms with E-state index in [4.69, 9.17) is 9.47 Å². The molecule has 20 heavy (non-hydrogen) atoms. The Morgan fingerprint density at radius 1 is 1.10 bits per heavy atom. The van der Waals surface area contributed by atoms with Gasteiger partial charge in [0.1, 0.15) is 11.6 Å². The Morgan fingerprint density at radius 2 is 1.90 bits per heavy atom. The number of methoxy groups -OCH3 is 1. The summed E-state index contributed by atoms with van der Waals surface area (Å²) in [5.41, 5.74) is 0.982. The van der Waals surface area contributed by atoms with Crippen molar-refractivity contribution in [2.45, 2.75) is 46.5 Å². The van der Waals surface area contributed by atoms with Crippen molar-refractivity contribution in [3.8, 4) is 5.88 Å². The molecule has 1 aromatic rings. The van der Waals surface area contributed by atoms with Crippen LogP contribution in [0.15, 0.2) is 0 Å². The molecule has 0 radical (unpaired) electrons. The molecule has 5 heteroatoms. The van der Waals surface area contributed by atoms with E-state index in [1.807, 2.05) is 6.92 Å². The summed E-state index contributed by atoms with van der Waals surface area (Å²) in [7, 11) is 1.70. The van der Waals surface area contributed by atoms with Gasteiger partial charge in [0.25, 0.3) is 0 Å². The zero-order valence-electron chi connectivity index (χ0n) is 13.2. The summed E-state index contributed by atoms with van der Waals surface area (Å²) >= 11 is 0. The first-order chi connectivity index (χ1) is 9.72. The third-order valence-electron chi connectivity index (χ3n) is 2.90. The molecule has 114 valence electrons. The van der Waals surface area contributed by atoms with Crippen molar-refractivity contribution in [3.63, 3.8) is 0 Å². The van der Waals surface area contributed by atoms with Crippen LogP contribution in [0.3, 0.4) is 0 Å². The van der Waals surface area contributed by atoms with Gasteiger partial charge in [0, 0.05) is 33.1 Å². The number of aromatic nitrogens is 2. The minimum Gasteiger partial charge on any atom is -0.477 e. The second-order valence-corrected chi connectivity index (χ2v) is 4.79. The van der Waals surface area contributed by atoms with Gasteiger partial charge in [-0.2, -0.15) is 4.98 Å². The van der Waals surface area contributed by atoms with Crippen LogP contribution in [0.25, 0.3) is 0 Å². The molecule has 0 saturated carbocycles. The molecular formula is C15H27N3O2. The van der Waals surface area contributed by atoms with Gasteiger partial charge >= 0.3 is 0 Å². The first kappa shape index (κ1) is 16.7. The molecule has 0 aromatic carbocycles. The first-order valence-corrected chi connectivity index (χ1v) is 7.46. The summed E-state index contributed by atoms with van der Waals surface area (Å²) in [6, 6.07) is 0. The predicted octanol–water partition coefficient (Wildman–Crippen LogP) is 2.97. The smallest absolute Gasteiger partial charge is 0.221 e. The van der Waals surface area contributed by atoms with Crippen molar-refractivity contribution >= 4 is 5.82 Å². The van der Waals surface area contributed by atoms with Crippen molar-refractivity contribution < 1.29 is 9.47 Å². The maximum atomic E-state index is 5.78. The molecule has 0 atom stereocenters. The SMILES string of the molecule is CCCNc1nc(CCC)nc(OCCCOC)c1C. The largest absolute Gasteiger partial charge is 0.477 e. The highest BCUT2D eigenvalue weighted by molar-refractivity contribution is 5.48. The van der Waals surface area contributed by atoms with E-state index in [1.165, 1.54) is 0 Å². The van der Waals surface area contributed by atoms with E-state index in [0.29, 0.717) is 19.1 Å². The molecule has 0 saturated heterocycles. The summed E-state index contributed by atoms with van der Waals surface area (Å²) in [5.74, 6) is 2.43. The van der Waals surface area contributed by atoms with Crippen LogP contribution < -0.4 is 10.1 Å². The zero-order valence-corrected chi connectivity index (χ0v) is 13.2. The van der Waals surface area contributed by atoms with Crippen LogP contribution in [0.5, 0.6) is 5.88 Å². The fourth-order valence-corrected chi connectivity index (χ4v) is 1.80. The number of hydrogen-bond acceptors (Lipinski definition) is 5. The van der Waals surface area contributed by atoms with Gasteiger partial charge in [-0.25, -0.2) is 4.98 Å². The summed E-state index contributed by atoms with van der Waals surface area (Å²) < 4.78 is 10.8. The molecule has 0 aliphatic heterocycles. The molecular weight excluding hydrogens is 254 g/mol. The van der Waals surface area contributed by atoms with Gasteiger partial charge in [-0.3, -0.25) is 0 Å². The number of nitrogens with zero attached hydrogens (tertiary/aromatic N) is 2. The van der Waals surface area contributed by atoms with E-state index in [2.05, 4.69) is 29.1 Å². The Kier molecular flexibility index (Phi) is 7.95. The fourth-order valence-electron chi connectivity index (χ4n) is 1.80. The lowest BCUT2D eigenvalue weighted by Crippen LogP contribution is -2.11. The average Bonchev–Trinajstić information content (AvgIpc) is 2.45. The van der Waals surface area contributed by atoms with E-state index in [0.717, 1.165) is 49.4 Å². The molecule has 0 aliphatic rings. The maximum Gasteiger partial charge on any atom is 0.221 e. The Morgan fingerprint density at radius 3 is 2.55 bits per heavy atom. The van der Waals surface area contributed by atoms with Crippen molar-refractivity contribution in [2.24, 2.45) is 0 Å². The number of anilines is 1. The zero-order chi connectivity index (χ0) is 14.8. The third-order valence-corrected chi connectivity index (χ3v) is 2.90. The second-order valence-electron chi connectivity index (χ2n) is 4.79. The van der Waals surface area contributed by atoms with Crippen LogP contribution in [0, 0.1) is 6.92 Å². The number of nitrogens with one attached hydrogen (secondary N) is 1. The van der Waals surface area contributed by atoms with Crippen molar-refractivity contribution in [1.82, 2.24) is 9.97 Å². The lowest BCUT2D eigenvalue weighted by atomic mass is 10.2. The third kappa shape index (κ3) is 5.33. The molecule has 1 N–H and O–H groups in total. The van der Waals surface area contributed by atoms with Gasteiger partial charge in [-0.15, -0.1) is 0 Å². The van der Waals surface area contributed by atoms with Crippen LogP contribution in [0.2, 0.25) is 0 Å². The molecule has 0 spiro atoms. The second kappa shape index (κ2) is 9.53. The Hall–Kier alpha value is -1.36. The summed E-state index contributed by atoms with van der Waals surface area (Å²) in [6.07, 6.45) is 3.83. The Labute approximate surface area is 122 Å². The minimum atomic E-state index is 0.616. The number of hydrogen-bond donors (Lipinski definition) is 1. The van der Waals surface area contributed by atoms with E-state index >= 15 is 0 Å². The Bertz CT molecular complexity index is 397.